The smallest absolute Gasteiger partial charge is 0.312 e. The molecular weight excluding hydrogens is 293 g/mol. The third kappa shape index (κ3) is 2.78. The fourth-order valence-electron chi connectivity index (χ4n) is 2.26. The van der Waals surface area contributed by atoms with Crippen LogP contribution >= 0.6 is 0 Å². The molecule has 0 aliphatic heterocycles. The maximum atomic E-state index is 13.3. The molecule has 0 aliphatic carbocycles. The predicted molar refractivity (Wildman–Crippen MR) is 77.3 cm³/mol. The lowest BCUT2D eigenvalue weighted by Crippen LogP contribution is -2.49. The van der Waals surface area contributed by atoms with Crippen molar-refractivity contribution in [3.8, 4) is 0 Å². The summed E-state index contributed by atoms with van der Waals surface area (Å²) in [6.07, 6.45) is 1.06. The highest BCUT2D eigenvalue weighted by molar-refractivity contribution is 5.81. The molecule has 0 bridgehead atoms. The van der Waals surface area contributed by atoms with Gasteiger partial charge in [0.25, 0.3) is 0 Å². The van der Waals surface area contributed by atoms with Gasteiger partial charge in [0.2, 0.25) is 0 Å². The molecule has 0 spiro atoms. The van der Waals surface area contributed by atoms with E-state index in [4.69, 9.17) is 10.5 Å². The lowest BCUT2D eigenvalue weighted by Gasteiger charge is -2.34. The zero-order chi connectivity index (χ0) is 16.3. The largest absolute Gasteiger partial charge is 0.393 e. The number of methoxy groups -OCH3 is 1. The Balaban J connectivity index is 2.35. The topological polar surface area (TPSA) is 119 Å². The van der Waals surface area contributed by atoms with E-state index in [1.165, 1.54) is 24.1 Å². The molecule has 8 nitrogen and oxygen atoms in total. The number of anilines is 1. The fraction of sp³-hybridized carbons (Fsp3) is 0.462. The molecule has 2 rings (SSSR count). The number of nitrogen functional groups attached to an aromatic ring is 1. The van der Waals surface area contributed by atoms with Gasteiger partial charge in [-0.2, -0.15) is 14.4 Å². The fourth-order valence-corrected chi connectivity index (χ4v) is 2.26. The lowest BCUT2D eigenvalue weighted by atomic mass is 9.93. The second-order valence-corrected chi connectivity index (χ2v) is 4.88. The van der Waals surface area contributed by atoms with E-state index in [9.17, 15) is 14.6 Å². The summed E-state index contributed by atoms with van der Waals surface area (Å²) < 4.78 is 20.0. The van der Waals surface area contributed by atoms with Crippen LogP contribution in [0.4, 0.5) is 10.2 Å². The molecule has 9 heteroatoms. The maximum absolute atomic E-state index is 13.3. The summed E-state index contributed by atoms with van der Waals surface area (Å²) in [6.45, 7) is 3.16. The average Bonchev–Trinajstić information content (AvgIpc) is 2.88. The van der Waals surface area contributed by atoms with Crippen LogP contribution in [0, 0.1) is 6.08 Å². The van der Waals surface area contributed by atoms with Crippen LogP contribution in [0.3, 0.4) is 0 Å². The number of aromatic nitrogens is 4. The van der Waals surface area contributed by atoms with Gasteiger partial charge in [-0.1, -0.05) is 6.08 Å². The molecule has 120 valence electrons. The number of rotatable bonds is 7. The number of hydrogen-bond donors (Lipinski definition) is 3. The molecular formula is C13H18FN5O3. The molecule has 0 amide bonds. The minimum absolute atomic E-state index is 0.0192. The van der Waals surface area contributed by atoms with Crippen LogP contribution < -0.4 is 5.73 Å². The molecule has 0 radical (unpaired) electrons. The number of fused-ring (bicyclic) bond motifs is 1. The average molecular weight is 311 g/mol. The van der Waals surface area contributed by atoms with E-state index < -0.39 is 24.4 Å². The highest BCUT2D eigenvalue weighted by Gasteiger charge is 2.37. The summed E-state index contributed by atoms with van der Waals surface area (Å²) in [5.41, 5.74) is 4.76. The molecule has 0 aliphatic rings. The van der Waals surface area contributed by atoms with E-state index in [1.807, 2.05) is 0 Å². The van der Waals surface area contributed by atoms with Gasteiger partial charge in [0.15, 0.2) is 11.5 Å². The Morgan fingerprint density at radius 1 is 1.59 bits per heavy atom. The summed E-state index contributed by atoms with van der Waals surface area (Å²) >= 11 is 0. The molecule has 0 fully saturated rings. The zero-order valence-corrected chi connectivity index (χ0v) is 12.1. The Morgan fingerprint density at radius 2 is 2.32 bits per heavy atom. The van der Waals surface area contributed by atoms with Gasteiger partial charge >= 0.3 is 6.08 Å². The lowest BCUT2D eigenvalue weighted by molar-refractivity contribution is -0.131. The van der Waals surface area contributed by atoms with Crippen molar-refractivity contribution >= 4 is 17.0 Å². The first kappa shape index (κ1) is 16.3. The Labute approximate surface area is 126 Å². The summed E-state index contributed by atoms with van der Waals surface area (Å²) in [4.78, 5) is 11.0. The van der Waals surface area contributed by atoms with E-state index in [0.29, 0.717) is 0 Å². The van der Waals surface area contributed by atoms with E-state index in [0.717, 1.165) is 0 Å². The SMILES string of the molecule is C=CC[C@](CO)(OC)[C@@H](O)Cn1cnc2c(N)nc(F)nc21. The number of aliphatic hydroxyl groups excluding tert-OH is 2. The van der Waals surface area contributed by atoms with Crippen LogP contribution in [-0.2, 0) is 11.3 Å². The van der Waals surface area contributed by atoms with Crippen molar-refractivity contribution in [1.82, 2.24) is 19.5 Å². The molecule has 0 saturated carbocycles. The van der Waals surface area contributed by atoms with Crippen LogP contribution in [0.15, 0.2) is 19.0 Å². The van der Waals surface area contributed by atoms with Gasteiger partial charge in [-0.3, -0.25) is 0 Å². The number of nitrogens with two attached hydrogens (primary N) is 1. The van der Waals surface area contributed by atoms with Crippen molar-refractivity contribution in [2.45, 2.75) is 24.7 Å². The van der Waals surface area contributed by atoms with Crippen molar-refractivity contribution in [2.75, 3.05) is 19.5 Å². The Bertz CT molecular complexity index is 671. The zero-order valence-electron chi connectivity index (χ0n) is 12.1. The standard InChI is InChI=1S/C13H18FN5O3/c1-3-4-13(6-20,22-2)8(21)5-19-7-16-9-10(15)17-12(14)18-11(9)19/h3,7-8,20-21H,1,4-6H2,2H3,(H2,15,17,18)/t8-,13+/m0/s1. The third-order valence-corrected chi connectivity index (χ3v) is 3.60. The Kier molecular flexibility index (Phi) is 4.69. The van der Waals surface area contributed by atoms with Crippen molar-refractivity contribution in [3.05, 3.63) is 25.1 Å². The highest BCUT2D eigenvalue weighted by atomic mass is 19.1. The van der Waals surface area contributed by atoms with Gasteiger partial charge in [0.05, 0.1) is 19.5 Å². The van der Waals surface area contributed by atoms with E-state index >= 15 is 0 Å². The molecule has 2 atom stereocenters. The van der Waals surface area contributed by atoms with Crippen LogP contribution in [-0.4, -0.2) is 55.2 Å². The monoisotopic (exact) mass is 311 g/mol. The first-order valence-corrected chi connectivity index (χ1v) is 6.56. The maximum Gasteiger partial charge on any atom is 0.312 e. The van der Waals surface area contributed by atoms with Crippen molar-refractivity contribution < 1.29 is 19.3 Å². The number of nitrogens with zero attached hydrogens (tertiary/aromatic N) is 4. The van der Waals surface area contributed by atoms with Gasteiger partial charge in [-0.05, 0) is 6.42 Å². The molecule has 0 unspecified atom stereocenters. The quantitative estimate of drug-likeness (QED) is 0.481. The van der Waals surface area contributed by atoms with Crippen LogP contribution in [0.5, 0.6) is 0 Å². The number of ether oxygens (including phenoxy) is 1. The summed E-state index contributed by atoms with van der Waals surface area (Å²) in [5, 5.41) is 20.0. The van der Waals surface area contributed by atoms with Gasteiger partial charge in [-0.15, -0.1) is 6.58 Å². The number of aliphatic hydroxyl groups is 2. The predicted octanol–water partition coefficient (Wildman–Crippen LogP) is -0.138. The number of halogens is 1. The van der Waals surface area contributed by atoms with Gasteiger partial charge < -0.3 is 25.3 Å². The van der Waals surface area contributed by atoms with Gasteiger partial charge in [0, 0.05) is 7.11 Å². The van der Waals surface area contributed by atoms with Crippen molar-refractivity contribution in [2.24, 2.45) is 0 Å². The van der Waals surface area contributed by atoms with Crippen LogP contribution in [0.25, 0.3) is 11.2 Å². The van der Waals surface area contributed by atoms with E-state index in [1.54, 1.807) is 0 Å². The molecule has 22 heavy (non-hydrogen) atoms. The Morgan fingerprint density at radius 3 is 2.91 bits per heavy atom. The minimum atomic E-state index is -1.21. The van der Waals surface area contributed by atoms with E-state index in [-0.39, 0.29) is 29.9 Å². The minimum Gasteiger partial charge on any atom is -0.393 e. The van der Waals surface area contributed by atoms with Crippen LogP contribution in [0.2, 0.25) is 0 Å². The van der Waals surface area contributed by atoms with Gasteiger partial charge in [-0.25, -0.2) is 4.98 Å². The molecule has 4 N–H and O–H groups in total. The van der Waals surface area contributed by atoms with Gasteiger partial charge in [0.1, 0.15) is 17.2 Å². The highest BCUT2D eigenvalue weighted by Crippen LogP contribution is 2.23. The number of hydrogen-bond acceptors (Lipinski definition) is 7. The second kappa shape index (κ2) is 6.34. The summed E-state index contributed by atoms with van der Waals surface area (Å²) in [7, 11) is 1.38. The third-order valence-electron chi connectivity index (χ3n) is 3.60. The van der Waals surface area contributed by atoms with E-state index in [2.05, 4.69) is 21.5 Å². The molecule has 2 aromatic heterocycles. The molecule has 2 aromatic rings. The summed E-state index contributed by atoms with van der Waals surface area (Å²) in [5.74, 6) is -0.0815. The molecule has 0 saturated heterocycles. The molecule has 2 heterocycles. The van der Waals surface area contributed by atoms with Crippen molar-refractivity contribution in [1.29, 1.82) is 0 Å². The van der Waals surface area contributed by atoms with Crippen molar-refractivity contribution in [3.63, 3.8) is 0 Å². The first-order valence-electron chi connectivity index (χ1n) is 6.56. The Hall–Kier alpha value is -2.10. The number of imidazole rings is 1. The first-order chi connectivity index (χ1) is 10.5. The second-order valence-electron chi connectivity index (χ2n) is 4.88. The summed E-state index contributed by atoms with van der Waals surface area (Å²) in [6, 6.07) is 0. The normalized spacial score (nSPS) is 15.6. The van der Waals surface area contributed by atoms with Crippen LogP contribution in [0.1, 0.15) is 6.42 Å². The molecule has 0 aromatic carbocycles.